The van der Waals surface area contributed by atoms with E-state index < -0.39 is 0 Å². The summed E-state index contributed by atoms with van der Waals surface area (Å²) in [4.78, 5) is 25.6. The number of likely N-dealkylation sites (N-methyl/N-ethyl adjacent to an activating group) is 1. The molecule has 0 aromatic carbocycles. The van der Waals surface area contributed by atoms with E-state index in [9.17, 15) is 9.59 Å². The summed E-state index contributed by atoms with van der Waals surface area (Å²) in [5, 5.41) is 0. The van der Waals surface area contributed by atoms with Gasteiger partial charge in [0.1, 0.15) is 6.61 Å². The van der Waals surface area contributed by atoms with Crippen LogP contribution >= 0.6 is 0 Å². The summed E-state index contributed by atoms with van der Waals surface area (Å²) < 4.78 is 5.29. The Morgan fingerprint density at radius 2 is 0.968 bits per heavy atom. The number of carbonyl (C=O) groups is 2. The molecule has 0 aliphatic carbocycles. The first-order chi connectivity index (χ1) is 15.1. The van der Waals surface area contributed by atoms with Crippen LogP contribution in [0.25, 0.3) is 0 Å². The summed E-state index contributed by atoms with van der Waals surface area (Å²) in [6, 6.07) is 0. The number of esters is 1. The summed E-state index contributed by atoms with van der Waals surface area (Å²) in [5.74, 6) is 0.0347. The third-order valence-electron chi connectivity index (χ3n) is 6.09. The van der Waals surface area contributed by atoms with E-state index in [2.05, 4.69) is 13.8 Å². The van der Waals surface area contributed by atoms with Crippen LogP contribution in [-0.4, -0.2) is 37.0 Å². The van der Waals surface area contributed by atoms with Crippen LogP contribution in [-0.2, 0) is 14.3 Å². The minimum atomic E-state index is -0.122. The second-order valence-electron chi connectivity index (χ2n) is 9.19. The van der Waals surface area contributed by atoms with Crippen LogP contribution < -0.4 is 0 Å². The van der Waals surface area contributed by atoms with Crippen molar-refractivity contribution >= 4 is 11.9 Å². The van der Waals surface area contributed by atoms with Gasteiger partial charge >= 0.3 is 5.97 Å². The molecule has 0 bridgehead atoms. The SMILES string of the molecule is CCCCCCCCCCCCCCCC(=O)OCCN(C)C(=O)CCCCCCC. The number of unbranched alkanes of at least 4 members (excludes halogenated alkanes) is 16. The molecule has 0 aromatic rings. The summed E-state index contributed by atoms with van der Waals surface area (Å²) in [6.07, 6.45) is 23.8. The molecular weight excluding hydrogens is 386 g/mol. The number of amides is 1. The van der Waals surface area contributed by atoms with Gasteiger partial charge in [-0.1, -0.05) is 117 Å². The van der Waals surface area contributed by atoms with Crippen molar-refractivity contribution in [1.82, 2.24) is 4.90 Å². The van der Waals surface area contributed by atoms with E-state index in [0.29, 0.717) is 26.0 Å². The monoisotopic (exact) mass is 439 g/mol. The predicted octanol–water partition coefficient (Wildman–Crippen LogP) is 7.83. The molecule has 184 valence electrons. The standard InChI is InChI=1S/C27H53NO3/c1-4-6-8-10-11-12-13-14-15-16-17-19-21-23-27(30)31-25-24-28(3)26(29)22-20-18-9-7-5-2/h4-25H2,1-3H3. The lowest BCUT2D eigenvalue weighted by atomic mass is 10.0. The highest BCUT2D eigenvalue weighted by Crippen LogP contribution is 2.13. The van der Waals surface area contributed by atoms with Gasteiger partial charge < -0.3 is 9.64 Å². The van der Waals surface area contributed by atoms with E-state index in [1.54, 1.807) is 11.9 Å². The van der Waals surface area contributed by atoms with Gasteiger partial charge in [-0.25, -0.2) is 0 Å². The van der Waals surface area contributed by atoms with Crippen molar-refractivity contribution in [2.24, 2.45) is 0 Å². The number of hydrogen-bond acceptors (Lipinski definition) is 3. The van der Waals surface area contributed by atoms with Gasteiger partial charge in [-0.2, -0.15) is 0 Å². The maximum absolute atomic E-state index is 12.0. The zero-order valence-corrected chi connectivity index (χ0v) is 21.2. The molecule has 0 aliphatic heterocycles. The number of rotatable bonds is 23. The maximum atomic E-state index is 12.0. The Bertz CT molecular complexity index is 411. The third kappa shape index (κ3) is 21.9. The van der Waals surface area contributed by atoms with E-state index in [1.807, 2.05) is 0 Å². The van der Waals surface area contributed by atoms with Crippen molar-refractivity contribution in [2.75, 3.05) is 20.2 Å². The molecule has 0 heterocycles. The highest BCUT2D eigenvalue weighted by atomic mass is 16.5. The fourth-order valence-electron chi connectivity index (χ4n) is 3.85. The first-order valence-electron chi connectivity index (χ1n) is 13.5. The fourth-order valence-corrected chi connectivity index (χ4v) is 3.85. The summed E-state index contributed by atoms with van der Waals surface area (Å²) in [7, 11) is 1.80. The lowest BCUT2D eigenvalue weighted by Gasteiger charge is -2.17. The minimum Gasteiger partial charge on any atom is -0.464 e. The normalized spacial score (nSPS) is 10.9. The average molecular weight is 440 g/mol. The zero-order chi connectivity index (χ0) is 23.0. The van der Waals surface area contributed by atoms with Gasteiger partial charge in [0.25, 0.3) is 0 Å². The molecule has 0 N–H and O–H groups in total. The molecule has 0 rings (SSSR count). The molecular formula is C27H53NO3. The Hall–Kier alpha value is -1.06. The molecule has 0 aliphatic rings. The van der Waals surface area contributed by atoms with Crippen LogP contribution in [0, 0.1) is 0 Å². The van der Waals surface area contributed by atoms with Crippen molar-refractivity contribution in [3.8, 4) is 0 Å². The number of nitrogens with zero attached hydrogens (tertiary/aromatic N) is 1. The van der Waals surface area contributed by atoms with Gasteiger partial charge in [0.05, 0.1) is 6.54 Å². The van der Waals surface area contributed by atoms with E-state index >= 15 is 0 Å². The minimum absolute atomic E-state index is 0.122. The predicted molar refractivity (Wildman–Crippen MR) is 132 cm³/mol. The molecule has 0 aromatic heterocycles. The largest absolute Gasteiger partial charge is 0.464 e. The van der Waals surface area contributed by atoms with Gasteiger partial charge in [0.2, 0.25) is 5.91 Å². The highest BCUT2D eigenvalue weighted by Gasteiger charge is 2.09. The topological polar surface area (TPSA) is 46.6 Å². The molecule has 0 spiro atoms. The van der Waals surface area contributed by atoms with Crippen LogP contribution in [0.1, 0.15) is 142 Å². The molecule has 0 unspecified atom stereocenters. The Kier molecular flexibility index (Phi) is 22.8. The molecule has 0 saturated carbocycles. The van der Waals surface area contributed by atoms with Gasteiger partial charge in [0, 0.05) is 19.9 Å². The molecule has 0 radical (unpaired) electrons. The number of ether oxygens (including phenoxy) is 1. The first kappa shape index (κ1) is 29.9. The summed E-state index contributed by atoms with van der Waals surface area (Å²) in [6.45, 7) is 5.27. The fraction of sp³-hybridized carbons (Fsp3) is 0.926. The zero-order valence-electron chi connectivity index (χ0n) is 21.2. The van der Waals surface area contributed by atoms with E-state index in [-0.39, 0.29) is 11.9 Å². The van der Waals surface area contributed by atoms with Gasteiger partial charge in [-0.3, -0.25) is 9.59 Å². The van der Waals surface area contributed by atoms with Crippen molar-refractivity contribution in [3.05, 3.63) is 0 Å². The Morgan fingerprint density at radius 3 is 1.42 bits per heavy atom. The van der Waals surface area contributed by atoms with Gasteiger partial charge in [-0.05, 0) is 12.8 Å². The first-order valence-corrected chi connectivity index (χ1v) is 13.5. The van der Waals surface area contributed by atoms with Crippen LogP contribution in [0.4, 0.5) is 0 Å². The molecule has 1 amide bonds. The van der Waals surface area contributed by atoms with Gasteiger partial charge in [0.15, 0.2) is 0 Å². The highest BCUT2D eigenvalue weighted by molar-refractivity contribution is 5.75. The van der Waals surface area contributed by atoms with Crippen LogP contribution in [0.2, 0.25) is 0 Å². The van der Waals surface area contributed by atoms with Crippen molar-refractivity contribution in [2.45, 2.75) is 142 Å². The van der Waals surface area contributed by atoms with Gasteiger partial charge in [-0.15, -0.1) is 0 Å². The van der Waals surface area contributed by atoms with Crippen molar-refractivity contribution in [1.29, 1.82) is 0 Å². The lowest BCUT2D eigenvalue weighted by molar-refractivity contribution is -0.145. The molecule has 0 saturated heterocycles. The average Bonchev–Trinajstić information content (AvgIpc) is 2.76. The second kappa shape index (κ2) is 23.6. The molecule has 31 heavy (non-hydrogen) atoms. The Labute approximate surface area is 193 Å². The third-order valence-corrected chi connectivity index (χ3v) is 6.09. The lowest BCUT2D eigenvalue weighted by Crippen LogP contribution is -2.30. The smallest absolute Gasteiger partial charge is 0.305 e. The van der Waals surface area contributed by atoms with Crippen LogP contribution in [0.3, 0.4) is 0 Å². The number of carbonyl (C=O) groups excluding carboxylic acids is 2. The van der Waals surface area contributed by atoms with E-state index in [0.717, 1.165) is 25.7 Å². The molecule has 4 heteroatoms. The summed E-state index contributed by atoms with van der Waals surface area (Å²) in [5.41, 5.74) is 0. The number of hydrogen-bond donors (Lipinski definition) is 0. The summed E-state index contributed by atoms with van der Waals surface area (Å²) >= 11 is 0. The van der Waals surface area contributed by atoms with Crippen LogP contribution in [0.15, 0.2) is 0 Å². The molecule has 0 atom stereocenters. The Morgan fingerprint density at radius 1 is 0.581 bits per heavy atom. The maximum Gasteiger partial charge on any atom is 0.305 e. The van der Waals surface area contributed by atoms with Crippen LogP contribution in [0.5, 0.6) is 0 Å². The van der Waals surface area contributed by atoms with E-state index in [1.165, 1.54) is 89.9 Å². The molecule has 4 nitrogen and oxygen atoms in total. The van der Waals surface area contributed by atoms with Crippen molar-refractivity contribution < 1.29 is 14.3 Å². The second-order valence-corrected chi connectivity index (χ2v) is 9.19. The van der Waals surface area contributed by atoms with Crippen molar-refractivity contribution in [3.63, 3.8) is 0 Å². The van der Waals surface area contributed by atoms with E-state index in [4.69, 9.17) is 4.74 Å². The molecule has 0 fully saturated rings. The quantitative estimate of drug-likeness (QED) is 0.120. The Balaban J connectivity index is 3.39.